The molecule has 9 heteroatoms. The van der Waals surface area contributed by atoms with E-state index in [9.17, 15) is 22.0 Å². The van der Waals surface area contributed by atoms with Crippen LogP contribution in [0.15, 0.2) is 18.2 Å². The van der Waals surface area contributed by atoms with Crippen molar-refractivity contribution in [2.75, 3.05) is 31.7 Å². The summed E-state index contributed by atoms with van der Waals surface area (Å²) >= 11 is 0. The van der Waals surface area contributed by atoms with Crippen LogP contribution in [0.3, 0.4) is 0 Å². The molecule has 0 saturated carbocycles. The van der Waals surface area contributed by atoms with Crippen LogP contribution in [-0.2, 0) is 9.84 Å². The van der Waals surface area contributed by atoms with E-state index in [1.165, 1.54) is 0 Å². The number of hydrogen-bond donors (Lipinski definition) is 2. The molecule has 0 spiro atoms. The monoisotopic (exact) mass is 322 g/mol. The Morgan fingerprint density at radius 1 is 1.24 bits per heavy atom. The van der Waals surface area contributed by atoms with Crippen LogP contribution in [-0.4, -0.2) is 46.2 Å². The van der Waals surface area contributed by atoms with E-state index in [0.717, 1.165) is 18.4 Å². The Bertz CT molecular complexity index is 593. The minimum atomic E-state index is -3.13. The molecule has 0 bridgehead atoms. The van der Waals surface area contributed by atoms with Crippen LogP contribution in [0.2, 0.25) is 0 Å². The van der Waals surface area contributed by atoms with Gasteiger partial charge in [-0.05, 0) is 12.1 Å². The van der Waals surface area contributed by atoms with Gasteiger partial charge in [0.05, 0.1) is 12.3 Å². The van der Waals surface area contributed by atoms with Gasteiger partial charge in [0, 0.05) is 18.9 Å². The molecule has 0 aromatic heterocycles. The first-order chi connectivity index (χ1) is 9.78. The van der Waals surface area contributed by atoms with Crippen LogP contribution in [0.25, 0.3) is 0 Å². The number of carbonyl (C=O) groups is 1. The van der Waals surface area contributed by atoms with Crippen molar-refractivity contribution in [1.29, 1.82) is 0 Å². The number of ether oxygens (including phenoxy) is 1. The van der Waals surface area contributed by atoms with Crippen LogP contribution >= 0.6 is 0 Å². The van der Waals surface area contributed by atoms with Crippen LogP contribution in [0.4, 0.5) is 13.6 Å². The Morgan fingerprint density at radius 2 is 1.90 bits per heavy atom. The first-order valence-corrected chi connectivity index (χ1v) is 8.11. The van der Waals surface area contributed by atoms with E-state index in [1.807, 2.05) is 0 Å². The Labute approximate surface area is 121 Å². The van der Waals surface area contributed by atoms with Gasteiger partial charge < -0.3 is 15.4 Å². The molecule has 0 aliphatic heterocycles. The second-order valence-corrected chi connectivity index (χ2v) is 6.50. The highest BCUT2D eigenvalue weighted by Crippen LogP contribution is 2.17. The van der Waals surface area contributed by atoms with Crippen molar-refractivity contribution in [2.45, 2.75) is 0 Å². The lowest BCUT2D eigenvalue weighted by Crippen LogP contribution is -2.39. The quantitative estimate of drug-likeness (QED) is 0.723. The van der Waals surface area contributed by atoms with Gasteiger partial charge in [0.25, 0.3) is 0 Å². The van der Waals surface area contributed by atoms with Crippen molar-refractivity contribution in [3.63, 3.8) is 0 Å². The summed E-state index contributed by atoms with van der Waals surface area (Å²) in [6.07, 6.45) is 1.07. The smallest absolute Gasteiger partial charge is 0.314 e. The molecule has 0 radical (unpaired) electrons. The van der Waals surface area contributed by atoms with Gasteiger partial charge in [-0.1, -0.05) is 0 Å². The fraction of sp³-hybridized carbons (Fsp3) is 0.417. The first kappa shape index (κ1) is 17.2. The standard InChI is InChI=1S/C12H16F2N2O4S/c1-21(18,19)7-5-16-12(17)15-4-6-20-11-3-2-9(13)8-10(11)14/h2-3,8H,4-7H2,1H3,(H2,15,16,17). The number of sulfone groups is 1. The summed E-state index contributed by atoms with van der Waals surface area (Å²) < 4.78 is 52.5. The van der Waals surface area contributed by atoms with Crippen LogP contribution in [0.1, 0.15) is 0 Å². The third-order valence-electron chi connectivity index (χ3n) is 2.30. The van der Waals surface area contributed by atoms with Gasteiger partial charge in [-0.15, -0.1) is 0 Å². The summed E-state index contributed by atoms with van der Waals surface area (Å²) in [5.41, 5.74) is 0. The van der Waals surface area contributed by atoms with E-state index in [-0.39, 0.29) is 31.2 Å². The lowest BCUT2D eigenvalue weighted by molar-refractivity contribution is 0.236. The topological polar surface area (TPSA) is 84.5 Å². The van der Waals surface area contributed by atoms with Crippen LogP contribution in [0.5, 0.6) is 5.75 Å². The lowest BCUT2D eigenvalue weighted by Gasteiger charge is -2.09. The maximum absolute atomic E-state index is 13.2. The molecule has 1 rings (SSSR count). The number of halogens is 2. The maximum Gasteiger partial charge on any atom is 0.314 e. The highest BCUT2D eigenvalue weighted by molar-refractivity contribution is 7.90. The van der Waals surface area contributed by atoms with E-state index in [1.54, 1.807) is 0 Å². The van der Waals surface area contributed by atoms with Crippen molar-refractivity contribution >= 4 is 15.9 Å². The molecule has 118 valence electrons. The Kier molecular flexibility index (Phi) is 6.35. The largest absolute Gasteiger partial charge is 0.489 e. The van der Waals surface area contributed by atoms with E-state index >= 15 is 0 Å². The molecule has 0 aliphatic carbocycles. The number of benzene rings is 1. The highest BCUT2D eigenvalue weighted by Gasteiger charge is 2.06. The minimum Gasteiger partial charge on any atom is -0.489 e. The second-order valence-electron chi connectivity index (χ2n) is 4.24. The number of rotatable bonds is 7. The third-order valence-corrected chi connectivity index (χ3v) is 3.24. The fourth-order valence-corrected chi connectivity index (χ4v) is 1.80. The van der Waals surface area contributed by atoms with Gasteiger partial charge in [0.1, 0.15) is 22.3 Å². The highest BCUT2D eigenvalue weighted by atomic mass is 32.2. The SMILES string of the molecule is CS(=O)(=O)CCNC(=O)NCCOc1ccc(F)cc1F. The predicted molar refractivity (Wildman–Crippen MR) is 73.0 cm³/mol. The van der Waals surface area contributed by atoms with E-state index in [4.69, 9.17) is 4.74 Å². The van der Waals surface area contributed by atoms with Gasteiger partial charge in [-0.3, -0.25) is 0 Å². The van der Waals surface area contributed by atoms with Crippen LogP contribution in [0, 0.1) is 11.6 Å². The zero-order chi connectivity index (χ0) is 15.9. The van der Waals surface area contributed by atoms with Gasteiger partial charge in [-0.25, -0.2) is 22.0 Å². The molecule has 21 heavy (non-hydrogen) atoms. The normalized spacial score (nSPS) is 11.0. The molecule has 2 N–H and O–H groups in total. The van der Waals surface area contributed by atoms with Gasteiger partial charge >= 0.3 is 6.03 Å². The number of carbonyl (C=O) groups excluding carboxylic acids is 1. The lowest BCUT2D eigenvalue weighted by atomic mass is 10.3. The molecule has 0 heterocycles. The Hall–Kier alpha value is -1.90. The molecule has 0 aliphatic rings. The average molecular weight is 322 g/mol. The van der Waals surface area contributed by atoms with Crippen molar-refractivity contribution < 1.29 is 26.7 Å². The summed E-state index contributed by atoms with van der Waals surface area (Å²) in [6.45, 7) is 0.0711. The molecule has 0 atom stereocenters. The fourth-order valence-electron chi connectivity index (χ4n) is 1.33. The van der Waals surface area contributed by atoms with E-state index in [2.05, 4.69) is 10.6 Å². The maximum atomic E-state index is 13.2. The first-order valence-electron chi connectivity index (χ1n) is 6.05. The van der Waals surface area contributed by atoms with Gasteiger partial charge in [0.2, 0.25) is 0 Å². The predicted octanol–water partition coefficient (Wildman–Crippen LogP) is 0.687. The van der Waals surface area contributed by atoms with Crippen molar-refractivity contribution in [3.05, 3.63) is 29.8 Å². The summed E-state index contributed by atoms with van der Waals surface area (Å²) in [6, 6.07) is 2.35. The van der Waals surface area contributed by atoms with Gasteiger partial charge in [-0.2, -0.15) is 0 Å². The Balaban J connectivity index is 2.20. The molecular formula is C12H16F2N2O4S. The summed E-state index contributed by atoms with van der Waals surface area (Å²) in [7, 11) is -3.13. The number of nitrogens with one attached hydrogen (secondary N) is 2. The van der Waals surface area contributed by atoms with E-state index < -0.39 is 27.5 Å². The molecule has 1 aromatic carbocycles. The molecule has 0 saturated heterocycles. The molecule has 0 unspecified atom stereocenters. The number of hydrogen-bond acceptors (Lipinski definition) is 4. The van der Waals surface area contributed by atoms with Crippen molar-refractivity contribution in [2.24, 2.45) is 0 Å². The molecule has 0 fully saturated rings. The molecule has 6 nitrogen and oxygen atoms in total. The summed E-state index contributed by atoms with van der Waals surface area (Å²) in [5, 5.41) is 4.75. The molecule has 1 aromatic rings. The zero-order valence-electron chi connectivity index (χ0n) is 11.4. The summed E-state index contributed by atoms with van der Waals surface area (Å²) in [4.78, 5) is 11.3. The van der Waals surface area contributed by atoms with E-state index in [0.29, 0.717) is 6.07 Å². The average Bonchev–Trinajstić information content (AvgIpc) is 2.35. The zero-order valence-corrected chi connectivity index (χ0v) is 12.2. The Morgan fingerprint density at radius 3 is 2.52 bits per heavy atom. The third kappa shape index (κ3) is 7.45. The van der Waals surface area contributed by atoms with Gasteiger partial charge in [0.15, 0.2) is 11.6 Å². The minimum absolute atomic E-state index is 0.00187. The molecule has 2 amide bonds. The number of urea groups is 1. The number of amides is 2. The van der Waals surface area contributed by atoms with Crippen molar-refractivity contribution in [1.82, 2.24) is 10.6 Å². The summed E-state index contributed by atoms with van der Waals surface area (Å²) in [5.74, 6) is -1.80. The second kappa shape index (κ2) is 7.77. The van der Waals surface area contributed by atoms with Crippen LogP contribution < -0.4 is 15.4 Å². The van der Waals surface area contributed by atoms with Crippen molar-refractivity contribution in [3.8, 4) is 5.75 Å². The molecular weight excluding hydrogens is 306 g/mol.